The molecule has 0 saturated carbocycles. The Balaban J connectivity index is 2.21. The molecule has 0 spiro atoms. The number of hydrogen-bond acceptors (Lipinski definition) is 4. The van der Waals surface area contributed by atoms with E-state index in [2.05, 4.69) is 28.4 Å². The van der Waals surface area contributed by atoms with Crippen molar-refractivity contribution in [3.8, 4) is 6.07 Å². The molecule has 4 heteroatoms. The van der Waals surface area contributed by atoms with Gasteiger partial charge in [-0.3, -0.25) is 0 Å². The van der Waals surface area contributed by atoms with Gasteiger partial charge in [0.25, 0.3) is 0 Å². The van der Waals surface area contributed by atoms with E-state index in [0.29, 0.717) is 13.0 Å². The highest BCUT2D eigenvalue weighted by Crippen LogP contribution is 2.20. The summed E-state index contributed by atoms with van der Waals surface area (Å²) in [5.74, 6) is 0. The van der Waals surface area contributed by atoms with Crippen LogP contribution in [0.3, 0.4) is 0 Å². The lowest BCUT2D eigenvalue weighted by molar-refractivity contribution is 0.589. The molecular formula is C13H18N4. The molecule has 1 aromatic rings. The van der Waals surface area contributed by atoms with Crippen LogP contribution >= 0.6 is 0 Å². The Morgan fingerprint density at radius 3 is 2.71 bits per heavy atom. The van der Waals surface area contributed by atoms with Gasteiger partial charge in [0, 0.05) is 38.4 Å². The Labute approximate surface area is 102 Å². The summed E-state index contributed by atoms with van der Waals surface area (Å²) in [5, 5.41) is 12.1. The third-order valence-corrected chi connectivity index (χ3v) is 3.16. The maximum atomic E-state index is 8.75. The molecule has 90 valence electrons. The van der Waals surface area contributed by atoms with Crippen molar-refractivity contribution in [3.63, 3.8) is 0 Å². The number of nitrogens with two attached hydrogens (primary N) is 1. The van der Waals surface area contributed by atoms with Crippen molar-refractivity contribution in [1.82, 2.24) is 5.32 Å². The molecule has 0 bridgehead atoms. The highest BCUT2D eigenvalue weighted by atomic mass is 15.2. The smallest absolute Gasteiger partial charge is 0.0669 e. The van der Waals surface area contributed by atoms with Crippen molar-refractivity contribution >= 4 is 5.69 Å². The Bertz CT molecular complexity index is 416. The van der Waals surface area contributed by atoms with Gasteiger partial charge in [-0.1, -0.05) is 6.07 Å². The molecule has 1 aromatic carbocycles. The summed E-state index contributed by atoms with van der Waals surface area (Å²) in [6.07, 6.45) is 0.439. The molecule has 4 nitrogen and oxygen atoms in total. The van der Waals surface area contributed by atoms with Crippen LogP contribution < -0.4 is 16.0 Å². The lowest BCUT2D eigenvalue weighted by Gasteiger charge is -2.30. The molecule has 17 heavy (non-hydrogen) atoms. The second kappa shape index (κ2) is 5.67. The largest absolute Gasteiger partial charge is 0.369 e. The minimum absolute atomic E-state index is 0.439. The van der Waals surface area contributed by atoms with Crippen LogP contribution in [0.2, 0.25) is 0 Å². The van der Waals surface area contributed by atoms with Crippen LogP contribution in [0, 0.1) is 11.3 Å². The molecule has 3 N–H and O–H groups in total. The number of rotatable bonds is 3. The van der Waals surface area contributed by atoms with Crippen molar-refractivity contribution in [2.75, 3.05) is 31.1 Å². The summed E-state index contributed by atoms with van der Waals surface area (Å²) in [6.45, 7) is 4.61. The maximum Gasteiger partial charge on any atom is 0.0669 e. The van der Waals surface area contributed by atoms with Crippen molar-refractivity contribution < 1.29 is 0 Å². The number of piperazine rings is 1. The molecule has 0 radical (unpaired) electrons. The fourth-order valence-electron chi connectivity index (χ4n) is 2.18. The first-order valence-electron chi connectivity index (χ1n) is 5.99. The number of nitriles is 1. The van der Waals surface area contributed by atoms with Crippen LogP contribution in [0.1, 0.15) is 11.1 Å². The molecule has 1 fully saturated rings. The standard InChI is InChI=1S/C13H18N4/c14-4-3-11-1-2-13(9-12(11)10-15)17-7-5-16-6-8-17/h1-2,9,16H,3,5-8,10,15H2. The summed E-state index contributed by atoms with van der Waals surface area (Å²) in [4.78, 5) is 2.35. The van der Waals surface area contributed by atoms with Crippen molar-refractivity contribution in [2.24, 2.45) is 5.73 Å². The highest BCUT2D eigenvalue weighted by molar-refractivity contribution is 5.52. The Morgan fingerprint density at radius 2 is 2.06 bits per heavy atom. The molecule has 0 unspecified atom stereocenters. The lowest BCUT2D eigenvalue weighted by Crippen LogP contribution is -2.43. The van der Waals surface area contributed by atoms with E-state index in [0.717, 1.165) is 37.3 Å². The zero-order valence-corrected chi connectivity index (χ0v) is 9.95. The third kappa shape index (κ3) is 2.76. The first-order chi connectivity index (χ1) is 8.35. The third-order valence-electron chi connectivity index (χ3n) is 3.16. The molecule has 0 atom stereocenters. The summed E-state index contributed by atoms with van der Waals surface area (Å²) in [5.41, 5.74) is 9.09. The Morgan fingerprint density at radius 1 is 1.29 bits per heavy atom. The normalized spacial score (nSPS) is 15.6. The fourth-order valence-corrected chi connectivity index (χ4v) is 2.18. The van der Waals surface area contributed by atoms with Crippen molar-refractivity contribution in [2.45, 2.75) is 13.0 Å². The topological polar surface area (TPSA) is 65.1 Å². The van der Waals surface area contributed by atoms with Crippen LogP contribution in [-0.2, 0) is 13.0 Å². The summed E-state index contributed by atoms with van der Waals surface area (Å²) < 4.78 is 0. The first-order valence-corrected chi connectivity index (χ1v) is 5.99. The first kappa shape index (κ1) is 11.9. The predicted octanol–water partition coefficient (Wildman–Crippen LogP) is 0.621. The van der Waals surface area contributed by atoms with Gasteiger partial charge in [-0.25, -0.2) is 0 Å². The lowest BCUT2D eigenvalue weighted by atomic mass is 10.0. The van der Waals surface area contributed by atoms with Gasteiger partial charge in [-0.05, 0) is 23.3 Å². The van der Waals surface area contributed by atoms with Gasteiger partial charge >= 0.3 is 0 Å². The molecule has 1 aliphatic heterocycles. The second-order valence-corrected chi connectivity index (χ2v) is 4.23. The van der Waals surface area contributed by atoms with Crippen LogP contribution in [0.25, 0.3) is 0 Å². The van der Waals surface area contributed by atoms with Crippen LogP contribution in [0.15, 0.2) is 18.2 Å². The Kier molecular flexibility index (Phi) is 3.97. The summed E-state index contributed by atoms with van der Waals surface area (Å²) >= 11 is 0. The van der Waals surface area contributed by atoms with Gasteiger partial charge < -0.3 is 16.0 Å². The van der Waals surface area contributed by atoms with E-state index in [9.17, 15) is 0 Å². The molecule has 1 heterocycles. The van der Waals surface area contributed by atoms with E-state index in [-0.39, 0.29) is 0 Å². The number of hydrogen-bond donors (Lipinski definition) is 2. The van der Waals surface area contributed by atoms with E-state index >= 15 is 0 Å². The second-order valence-electron chi connectivity index (χ2n) is 4.23. The minimum Gasteiger partial charge on any atom is -0.369 e. The van der Waals surface area contributed by atoms with Gasteiger partial charge in [0.15, 0.2) is 0 Å². The van der Waals surface area contributed by atoms with E-state index in [1.165, 1.54) is 5.69 Å². The van der Waals surface area contributed by atoms with Gasteiger partial charge in [-0.2, -0.15) is 5.26 Å². The summed E-state index contributed by atoms with van der Waals surface area (Å²) in [6, 6.07) is 8.43. The number of nitrogens with zero attached hydrogens (tertiary/aromatic N) is 2. The highest BCUT2D eigenvalue weighted by Gasteiger charge is 2.11. The van der Waals surface area contributed by atoms with Gasteiger partial charge in [0.2, 0.25) is 0 Å². The predicted molar refractivity (Wildman–Crippen MR) is 68.7 cm³/mol. The SMILES string of the molecule is N#CCc1ccc(N2CCNCC2)cc1CN. The Hall–Kier alpha value is -1.57. The molecular weight excluding hydrogens is 212 g/mol. The number of benzene rings is 1. The molecule has 1 saturated heterocycles. The van der Waals surface area contributed by atoms with Gasteiger partial charge in [-0.15, -0.1) is 0 Å². The van der Waals surface area contributed by atoms with Gasteiger partial charge in [0.05, 0.1) is 12.5 Å². The minimum atomic E-state index is 0.439. The molecule has 0 aromatic heterocycles. The van der Waals surface area contributed by atoms with E-state index in [1.807, 2.05) is 6.07 Å². The molecule has 0 amide bonds. The quantitative estimate of drug-likeness (QED) is 0.799. The average Bonchev–Trinajstić information content (AvgIpc) is 2.40. The zero-order chi connectivity index (χ0) is 12.1. The zero-order valence-electron chi connectivity index (χ0n) is 9.95. The van der Waals surface area contributed by atoms with Crippen molar-refractivity contribution in [1.29, 1.82) is 5.26 Å². The maximum absolute atomic E-state index is 8.75. The molecule has 0 aliphatic carbocycles. The van der Waals surface area contributed by atoms with Crippen molar-refractivity contribution in [3.05, 3.63) is 29.3 Å². The van der Waals surface area contributed by atoms with Crippen LogP contribution in [0.5, 0.6) is 0 Å². The molecule has 2 rings (SSSR count). The monoisotopic (exact) mass is 230 g/mol. The average molecular weight is 230 g/mol. The van der Waals surface area contributed by atoms with Crippen LogP contribution in [-0.4, -0.2) is 26.2 Å². The summed E-state index contributed by atoms with van der Waals surface area (Å²) in [7, 11) is 0. The number of nitrogens with one attached hydrogen (secondary N) is 1. The van der Waals surface area contributed by atoms with Crippen LogP contribution in [0.4, 0.5) is 5.69 Å². The van der Waals surface area contributed by atoms with E-state index < -0.39 is 0 Å². The van der Waals surface area contributed by atoms with E-state index in [4.69, 9.17) is 11.0 Å². The molecule has 1 aliphatic rings. The van der Waals surface area contributed by atoms with E-state index in [1.54, 1.807) is 0 Å². The fraction of sp³-hybridized carbons (Fsp3) is 0.462. The number of anilines is 1. The van der Waals surface area contributed by atoms with Gasteiger partial charge in [0.1, 0.15) is 0 Å².